The van der Waals surface area contributed by atoms with Gasteiger partial charge in [-0.1, -0.05) is 12.1 Å². The highest BCUT2D eigenvalue weighted by molar-refractivity contribution is 7.10. The minimum absolute atomic E-state index is 0.951. The lowest BCUT2D eigenvalue weighted by molar-refractivity contribution is 0.728. The minimum atomic E-state index is 0.951. The Labute approximate surface area is 121 Å². The van der Waals surface area contributed by atoms with Crippen molar-refractivity contribution in [2.75, 3.05) is 11.4 Å². The van der Waals surface area contributed by atoms with Gasteiger partial charge >= 0.3 is 0 Å². The van der Waals surface area contributed by atoms with E-state index in [1.807, 2.05) is 35.6 Å². The number of rotatable bonds is 1. The summed E-state index contributed by atoms with van der Waals surface area (Å²) < 4.78 is 0. The number of anilines is 1. The first-order valence-electron chi connectivity index (χ1n) is 6.85. The lowest BCUT2D eigenvalue weighted by atomic mass is 10.1. The van der Waals surface area contributed by atoms with Gasteiger partial charge in [-0.3, -0.25) is 0 Å². The molecule has 0 saturated carbocycles. The SMILES string of the molecule is Cc1nc2ccccc2nc1N1CCc2sccc2C1. The van der Waals surface area contributed by atoms with E-state index < -0.39 is 0 Å². The van der Waals surface area contributed by atoms with Crippen LogP contribution in [-0.4, -0.2) is 16.5 Å². The van der Waals surface area contributed by atoms with E-state index in [2.05, 4.69) is 23.3 Å². The predicted molar refractivity (Wildman–Crippen MR) is 83.3 cm³/mol. The molecule has 1 aliphatic heterocycles. The number of hydrogen-bond acceptors (Lipinski definition) is 4. The summed E-state index contributed by atoms with van der Waals surface area (Å²) in [5.74, 6) is 1.03. The second-order valence-electron chi connectivity index (χ2n) is 5.16. The van der Waals surface area contributed by atoms with Crippen molar-refractivity contribution in [3.63, 3.8) is 0 Å². The third-order valence-electron chi connectivity index (χ3n) is 3.83. The summed E-state index contributed by atoms with van der Waals surface area (Å²) in [4.78, 5) is 13.4. The van der Waals surface area contributed by atoms with Gasteiger partial charge in [-0.2, -0.15) is 0 Å². The number of fused-ring (bicyclic) bond motifs is 2. The average molecular weight is 281 g/mol. The van der Waals surface area contributed by atoms with Crippen LogP contribution in [0.15, 0.2) is 35.7 Å². The maximum absolute atomic E-state index is 4.82. The maximum atomic E-state index is 4.82. The highest BCUT2D eigenvalue weighted by atomic mass is 32.1. The summed E-state index contributed by atoms with van der Waals surface area (Å²) in [7, 11) is 0. The second-order valence-corrected chi connectivity index (χ2v) is 6.16. The lowest BCUT2D eigenvalue weighted by Gasteiger charge is -2.29. The zero-order valence-electron chi connectivity index (χ0n) is 11.3. The van der Waals surface area contributed by atoms with Crippen molar-refractivity contribution < 1.29 is 0 Å². The van der Waals surface area contributed by atoms with Crippen molar-refractivity contribution >= 4 is 28.2 Å². The molecule has 0 saturated heterocycles. The van der Waals surface area contributed by atoms with Gasteiger partial charge in [-0.25, -0.2) is 9.97 Å². The van der Waals surface area contributed by atoms with Crippen molar-refractivity contribution in [2.24, 2.45) is 0 Å². The van der Waals surface area contributed by atoms with Crippen LogP contribution < -0.4 is 4.90 Å². The third-order valence-corrected chi connectivity index (χ3v) is 4.85. The fraction of sp³-hybridized carbons (Fsp3) is 0.250. The second kappa shape index (κ2) is 4.56. The normalized spacial score (nSPS) is 14.6. The van der Waals surface area contributed by atoms with Gasteiger partial charge in [0, 0.05) is 18.0 Å². The van der Waals surface area contributed by atoms with E-state index in [-0.39, 0.29) is 0 Å². The number of aromatic nitrogens is 2. The van der Waals surface area contributed by atoms with Gasteiger partial charge in [-0.15, -0.1) is 11.3 Å². The molecule has 0 atom stereocenters. The molecule has 0 unspecified atom stereocenters. The fourth-order valence-electron chi connectivity index (χ4n) is 2.81. The van der Waals surface area contributed by atoms with Crippen molar-refractivity contribution in [3.8, 4) is 0 Å². The van der Waals surface area contributed by atoms with Crippen LogP contribution in [0.2, 0.25) is 0 Å². The van der Waals surface area contributed by atoms with Gasteiger partial charge < -0.3 is 4.90 Å². The Morgan fingerprint density at radius 1 is 1.10 bits per heavy atom. The molecular formula is C16H15N3S. The van der Waals surface area contributed by atoms with Crippen LogP contribution in [0.1, 0.15) is 16.1 Å². The van der Waals surface area contributed by atoms with E-state index in [1.54, 1.807) is 0 Å². The average Bonchev–Trinajstić information content (AvgIpc) is 2.94. The largest absolute Gasteiger partial charge is 0.350 e. The molecule has 4 heteroatoms. The Balaban J connectivity index is 1.77. The number of thiophene rings is 1. The number of para-hydroxylation sites is 2. The van der Waals surface area contributed by atoms with Crippen LogP contribution >= 0.6 is 11.3 Å². The molecule has 0 spiro atoms. The monoisotopic (exact) mass is 281 g/mol. The summed E-state index contributed by atoms with van der Waals surface area (Å²) in [6, 6.07) is 10.3. The smallest absolute Gasteiger partial charge is 0.151 e. The molecule has 3 heterocycles. The van der Waals surface area contributed by atoms with Crippen LogP contribution in [0.5, 0.6) is 0 Å². The Morgan fingerprint density at radius 3 is 2.75 bits per heavy atom. The van der Waals surface area contributed by atoms with Gasteiger partial charge in [0.05, 0.1) is 16.7 Å². The van der Waals surface area contributed by atoms with Crippen molar-refractivity contribution in [3.05, 3.63) is 51.8 Å². The van der Waals surface area contributed by atoms with E-state index in [4.69, 9.17) is 9.97 Å². The molecular weight excluding hydrogens is 266 g/mol. The molecule has 1 aromatic carbocycles. The fourth-order valence-corrected chi connectivity index (χ4v) is 3.70. The quantitative estimate of drug-likeness (QED) is 0.683. The minimum Gasteiger partial charge on any atom is -0.350 e. The molecule has 4 rings (SSSR count). The summed E-state index contributed by atoms with van der Waals surface area (Å²) >= 11 is 1.87. The molecule has 3 nitrogen and oxygen atoms in total. The van der Waals surface area contributed by atoms with Crippen LogP contribution in [0.3, 0.4) is 0 Å². The molecule has 0 fully saturated rings. The molecule has 3 aromatic rings. The molecule has 0 radical (unpaired) electrons. The molecule has 2 aromatic heterocycles. The first-order valence-corrected chi connectivity index (χ1v) is 7.73. The molecule has 0 N–H and O–H groups in total. The zero-order valence-corrected chi connectivity index (χ0v) is 12.2. The van der Waals surface area contributed by atoms with Gasteiger partial charge in [0.2, 0.25) is 0 Å². The van der Waals surface area contributed by atoms with Gasteiger partial charge in [0.15, 0.2) is 5.82 Å². The van der Waals surface area contributed by atoms with E-state index in [0.717, 1.165) is 42.1 Å². The third kappa shape index (κ3) is 1.88. The molecule has 0 amide bonds. The van der Waals surface area contributed by atoms with Crippen LogP contribution in [0.25, 0.3) is 11.0 Å². The zero-order chi connectivity index (χ0) is 13.5. The number of nitrogens with zero attached hydrogens (tertiary/aromatic N) is 3. The Morgan fingerprint density at radius 2 is 1.90 bits per heavy atom. The van der Waals surface area contributed by atoms with E-state index in [9.17, 15) is 0 Å². The highest BCUT2D eigenvalue weighted by Crippen LogP contribution is 2.28. The Kier molecular flexibility index (Phi) is 2.70. The van der Waals surface area contributed by atoms with Crippen LogP contribution in [0, 0.1) is 6.92 Å². The first kappa shape index (κ1) is 11.9. The van der Waals surface area contributed by atoms with E-state index in [1.165, 1.54) is 10.4 Å². The predicted octanol–water partition coefficient (Wildman–Crippen LogP) is 3.56. The molecule has 0 aliphatic carbocycles. The number of aryl methyl sites for hydroxylation is 1. The highest BCUT2D eigenvalue weighted by Gasteiger charge is 2.20. The summed E-state index contributed by atoms with van der Waals surface area (Å²) in [5.41, 5.74) is 4.41. The Hall–Kier alpha value is -1.94. The Bertz CT molecular complexity index is 778. The van der Waals surface area contributed by atoms with Gasteiger partial charge in [-0.05, 0) is 42.5 Å². The summed E-state index contributed by atoms with van der Waals surface area (Å²) in [5, 5.41) is 2.19. The van der Waals surface area contributed by atoms with Gasteiger partial charge in [0.25, 0.3) is 0 Å². The topological polar surface area (TPSA) is 29.0 Å². The standard InChI is InChI=1S/C16H15N3S/c1-11-16(18-14-5-3-2-4-13(14)17-11)19-8-6-15-12(10-19)7-9-20-15/h2-5,7,9H,6,8,10H2,1H3. The molecule has 100 valence electrons. The van der Waals surface area contributed by atoms with Crippen molar-refractivity contribution in [2.45, 2.75) is 19.9 Å². The summed E-state index contributed by atoms with van der Waals surface area (Å²) in [6.45, 7) is 4.03. The molecule has 0 bridgehead atoms. The van der Waals surface area contributed by atoms with E-state index >= 15 is 0 Å². The molecule has 1 aliphatic rings. The van der Waals surface area contributed by atoms with Crippen LogP contribution in [0.4, 0.5) is 5.82 Å². The van der Waals surface area contributed by atoms with Crippen molar-refractivity contribution in [1.29, 1.82) is 0 Å². The first-order chi connectivity index (χ1) is 9.81. The number of hydrogen-bond donors (Lipinski definition) is 0. The maximum Gasteiger partial charge on any atom is 0.151 e. The van der Waals surface area contributed by atoms with Gasteiger partial charge in [0.1, 0.15) is 0 Å². The lowest BCUT2D eigenvalue weighted by Crippen LogP contribution is -2.31. The van der Waals surface area contributed by atoms with E-state index in [0.29, 0.717) is 0 Å². The summed E-state index contributed by atoms with van der Waals surface area (Å²) in [6.07, 6.45) is 1.11. The van der Waals surface area contributed by atoms with Crippen molar-refractivity contribution in [1.82, 2.24) is 9.97 Å². The number of benzene rings is 1. The molecule has 20 heavy (non-hydrogen) atoms. The van der Waals surface area contributed by atoms with Crippen LogP contribution in [-0.2, 0) is 13.0 Å².